The van der Waals surface area contributed by atoms with Crippen LogP contribution in [0, 0.1) is 6.92 Å². The molecule has 0 atom stereocenters. The van der Waals surface area contributed by atoms with Gasteiger partial charge in [0.05, 0.1) is 5.75 Å². The molecule has 1 saturated carbocycles. The van der Waals surface area contributed by atoms with Gasteiger partial charge >= 0.3 is 0 Å². The number of anilines is 2. The number of nitrogens with two attached hydrogens (primary N) is 1. The summed E-state index contributed by atoms with van der Waals surface area (Å²) in [5.74, 6) is 0.611. The molecule has 3 N–H and O–H groups in total. The highest BCUT2D eigenvalue weighted by molar-refractivity contribution is 8.00. The van der Waals surface area contributed by atoms with Gasteiger partial charge in [0.15, 0.2) is 0 Å². The van der Waals surface area contributed by atoms with Crippen LogP contribution in [-0.2, 0) is 4.79 Å². The van der Waals surface area contributed by atoms with Crippen LogP contribution in [0.5, 0.6) is 0 Å². The predicted octanol–water partition coefficient (Wildman–Crippen LogP) is 3.19. The van der Waals surface area contributed by atoms with Crippen molar-refractivity contribution in [2.45, 2.75) is 37.9 Å². The van der Waals surface area contributed by atoms with Crippen LogP contribution in [-0.4, -0.2) is 16.9 Å². The van der Waals surface area contributed by atoms with Crippen molar-refractivity contribution < 1.29 is 4.79 Å². The SMILES string of the molecule is Cc1ccc(N)cc1NC(=O)CSC1CCCC1. The Morgan fingerprint density at radius 2 is 2.17 bits per heavy atom. The summed E-state index contributed by atoms with van der Waals surface area (Å²) < 4.78 is 0. The van der Waals surface area contributed by atoms with E-state index < -0.39 is 0 Å². The van der Waals surface area contributed by atoms with E-state index in [-0.39, 0.29) is 5.91 Å². The maximum absolute atomic E-state index is 11.9. The van der Waals surface area contributed by atoms with Gasteiger partial charge in [-0.15, -0.1) is 11.8 Å². The van der Waals surface area contributed by atoms with E-state index in [1.807, 2.05) is 25.1 Å². The molecular formula is C14H20N2OS. The number of carbonyl (C=O) groups is 1. The van der Waals surface area contributed by atoms with Gasteiger partial charge in [-0.1, -0.05) is 18.9 Å². The van der Waals surface area contributed by atoms with E-state index in [1.54, 1.807) is 11.8 Å². The lowest BCUT2D eigenvalue weighted by Crippen LogP contribution is -2.16. The van der Waals surface area contributed by atoms with Gasteiger partial charge in [0.2, 0.25) is 5.91 Å². The number of carbonyl (C=O) groups excluding carboxylic acids is 1. The molecule has 1 aliphatic rings. The molecule has 0 bridgehead atoms. The Balaban J connectivity index is 1.84. The number of nitrogen functional groups attached to an aromatic ring is 1. The van der Waals surface area contributed by atoms with Gasteiger partial charge in [0.1, 0.15) is 0 Å². The molecule has 0 aliphatic heterocycles. The minimum Gasteiger partial charge on any atom is -0.399 e. The molecule has 0 spiro atoms. The molecular weight excluding hydrogens is 244 g/mol. The fourth-order valence-corrected chi connectivity index (χ4v) is 3.34. The number of amides is 1. The van der Waals surface area contributed by atoms with E-state index in [0.29, 0.717) is 16.7 Å². The van der Waals surface area contributed by atoms with Crippen LogP contribution in [0.2, 0.25) is 0 Å². The van der Waals surface area contributed by atoms with Crippen LogP contribution in [0.25, 0.3) is 0 Å². The average Bonchev–Trinajstić information content (AvgIpc) is 2.84. The molecule has 0 radical (unpaired) electrons. The van der Waals surface area contributed by atoms with Crippen molar-refractivity contribution in [3.63, 3.8) is 0 Å². The van der Waals surface area contributed by atoms with Gasteiger partial charge in [0, 0.05) is 16.6 Å². The Morgan fingerprint density at radius 1 is 1.44 bits per heavy atom. The van der Waals surface area contributed by atoms with Crippen molar-refractivity contribution in [3.05, 3.63) is 23.8 Å². The minimum atomic E-state index is 0.0700. The normalized spacial score (nSPS) is 15.8. The lowest BCUT2D eigenvalue weighted by Gasteiger charge is -2.11. The summed E-state index contributed by atoms with van der Waals surface area (Å²) in [7, 11) is 0. The molecule has 98 valence electrons. The number of nitrogens with one attached hydrogen (secondary N) is 1. The minimum absolute atomic E-state index is 0.0700. The first-order valence-electron chi connectivity index (χ1n) is 6.43. The Morgan fingerprint density at radius 3 is 2.89 bits per heavy atom. The molecule has 18 heavy (non-hydrogen) atoms. The Bertz CT molecular complexity index is 428. The van der Waals surface area contributed by atoms with E-state index in [1.165, 1.54) is 25.7 Å². The van der Waals surface area contributed by atoms with Crippen molar-refractivity contribution in [2.75, 3.05) is 16.8 Å². The summed E-state index contributed by atoms with van der Waals surface area (Å²) in [5, 5.41) is 3.61. The van der Waals surface area contributed by atoms with E-state index in [0.717, 1.165) is 11.3 Å². The number of aryl methyl sites for hydroxylation is 1. The lowest BCUT2D eigenvalue weighted by molar-refractivity contribution is -0.113. The Labute approximate surface area is 113 Å². The van der Waals surface area contributed by atoms with Crippen LogP contribution in [0.3, 0.4) is 0 Å². The zero-order valence-electron chi connectivity index (χ0n) is 10.7. The molecule has 0 unspecified atom stereocenters. The second-order valence-corrected chi connectivity index (χ2v) is 6.13. The summed E-state index contributed by atoms with van der Waals surface area (Å²) in [6, 6.07) is 5.58. The molecule has 1 aromatic rings. The molecule has 1 amide bonds. The molecule has 2 rings (SSSR count). The number of rotatable bonds is 4. The first-order chi connectivity index (χ1) is 8.65. The van der Waals surface area contributed by atoms with Crippen molar-refractivity contribution >= 4 is 29.0 Å². The van der Waals surface area contributed by atoms with E-state index in [4.69, 9.17) is 5.73 Å². The zero-order chi connectivity index (χ0) is 13.0. The van der Waals surface area contributed by atoms with Crippen molar-refractivity contribution in [1.29, 1.82) is 0 Å². The first kappa shape index (κ1) is 13.3. The Hall–Kier alpha value is -1.16. The predicted molar refractivity (Wildman–Crippen MR) is 78.9 cm³/mol. The monoisotopic (exact) mass is 264 g/mol. The third-order valence-electron chi connectivity index (χ3n) is 3.29. The average molecular weight is 264 g/mol. The highest BCUT2D eigenvalue weighted by Crippen LogP contribution is 2.29. The second kappa shape index (κ2) is 6.14. The van der Waals surface area contributed by atoms with Gasteiger partial charge < -0.3 is 11.1 Å². The molecule has 1 fully saturated rings. The van der Waals surface area contributed by atoms with Gasteiger partial charge in [-0.2, -0.15) is 0 Å². The number of hydrogen-bond acceptors (Lipinski definition) is 3. The van der Waals surface area contributed by atoms with E-state index >= 15 is 0 Å². The fraction of sp³-hybridized carbons (Fsp3) is 0.500. The summed E-state index contributed by atoms with van der Waals surface area (Å²) >= 11 is 1.78. The highest BCUT2D eigenvalue weighted by Gasteiger charge is 2.16. The van der Waals surface area contributed by atoms with Crippen LogP contribution in [0.15, 0.2) is 18.2 Å². The van der Waals surface area contributed by atoms with E-state index in [9.17, 15) is 4.79 Å². The molecule has 0 aromatic heterocycles. The van der Waals surface area contributed by atoms with Crippen LogP contribution in [0.4, 0.5) is 11.4 Å². The van der Waals surface area contributed by atoms with Crippen LogP contribution in [0.1, 0.15) is 31.2 Å². The van der Waals surface area contributed by atoms with Crippen LogP contribution < -0.4 is 11.1 Å². The topological polar surface area (TPSA) is 55.1 Å². The molecule has 0 saturated heterocycles. The molecule has 1 aromatic carbocycles. The summed E-state index contributed by atoms with van der Waals surface area (Å²) in [6.45, 7) is 1.97. The van der Waals surface area contributed by atoms with Crippen molar-refractivity contribution in [1.82, 2.24) is 0 Å². The summed E-state index contributed by atoms with van der Waals surface area (Å²) in [4.78, 5) is 11.9. The van der Waals surface area contributed by atoms with Gasteiger partial charge in [-0.25, -0.2) is 0 Å². The molecule has 1 aliphatic carbocycles. The van der Waals surface area contributed by atoms with E-state index in [2.05, 4.69) is 5.32 Å². The summed E-state index contributed by atoms with van der Waals surface area (Å²) in [6.07, 6.45) is 5.14. The third kappa shape index (κ3) is 3.67. The Kier molecular flexibility index (Phi) is 4.53. The van der Waals surface area contributed by atoms with Crippen molar-refractivity contribution in [3.8, 4) is 0 Å². The summed E-state index contributed by atoms with van der Waals surface area (Å²) in [5.41, 5.74) is 8.27. The zero-order valence-corrected chi connectivity index (χ0v) is 11.6. The standard InChI is InChI=1S/C14H20N2OS/c1-10-6-7-11(15)8-13(10)16-14(17)9-18-12-4-2-3-5-12/h6-8,12H,2-5,9,15H2,1H3,(H,16,17). The highest BCUT2D eigenvalue weighted by atomic mass is 32.2. The molecule has 0 heterocycles. The second-order valence-electron chi connectivity index (χ2n) is 4.84. The molecule has 4 heteroatoms. The van der Waals surface area contributed by atoms with Crippen LogP contribution >= 0.6 is 11.8 Å². The maximum Gasteiger partial charge on any atom is 0.234 e. The molecule has 3 nitrogen and oxygen atoms in total. The number of thioether (sulfide) groups is 1. The van der Waals surface area contributed by atoms with Gasteiger partial charge in [-0.3, -0.25) is 4.79 Å². The quantitative estimate of drug-likeness (QED) is 0.821. The fourth-order valence-electron chi connectivity index (χ4n) is 2.21. The maximum atomic E-state index is 11.9. The first-order valence-corrected chi connectivity index (χ1v) is 7.47. The van der Waals surface area contributed by atoms with Gasteiger partial charge in [0.25, 0.3) is 0 Å². The van der Waals surface area contributed by atoms with Crippen molar-refractivity contribution in [2.24, 2.45) is 0 Å². The lowest BCUT2D eigenvalue weighted by atomic mass is 10.2. The largest absolute Gasteiger partial charge is 0.399 e. The third-order valence-corrected chi connectivity index (χ3v) is 4.66. The van der Waals surface area contributed by atoms with Gasteiger partial charge in [-0.05, 0) is 37.5 Å². The number of benzene rings is 1. The number of hydrogen-bond donors (Lipinski definition) is 2. The smallest absolute Gasteiger partial charge is 0.234 e.